The molecule has 1 aromatic carbocycles. The van der Waals surface area contributed by atoms with Gasteiger partial charge < -0.3 is 38.8 Å². The Bertz CT molecular complexity index is 1030. The van der Waals surface area contributed by atoms with E-state index in [2.05, 4.69) is 6.58 Å². The summed E-state index contributed by atoms with van der Waals surface area (Å²) in [6.07, 6.45) is -1.65. The average Bonchev–Trinajstić information content (AvgIpc) is 2.69. The first-order valence-electron chi connectivity index (χ1n) is 9.72. The third kappa shape index (κ3) is 9.76. The highest BCUT2D eigenvalue weighted by Crippen LogP contribution is 2.37. The molecular formula is C19H28N2O11P2. The van der Waals surface area contributed by atoms with Crippen LogP contribution in [0.2, 0.25) is 0 Å². The molecule has 190 valence electrons. The van der Waals surface area contributed by atoms with Gasteiger partial charge in [-0.05, 0) is 19.1 Å². The molecule has 0 aliphatic heterocycles. The summed E-state index contributed by atoms with van der Waals surface area (Å²) in [5, 5.41) is 0. The van der Waals surface area contributed by atoms with Gasteiger partial charge in [0.1, 0.15) is 18.3 Å². The maximum atomic E-state index is 13.0. The maximum absolute atomic E-state index is 13.0. The molecule has 13 nitrogen and oxygen atoms in total. The third-order valence-electron chi connectivity index (χ3n) is 4.08. The fourth-order valence-corrected chi connectivity index (χ4v) is 4.02. The quantitative estimate of drug-likeness (QED) is 0.132. The van der Waals surface area contributed by atoms with Crippen molar-refractivity contribution in [1.82, 2.24) is 9.80 Å². The van der Waals surface area contributed by atoms with Gasteiger partial charge in [-0.15, -0.1) is 0 Å². The van der Waals surface area contributed by atoms with Gasteiger partial charge in [0.25, 0.3) is 11.8 Å². The fourth-order valence-electron chi connectivity index (χ4n) is 2.66. The number of rotatable bonds is 12. The Labute approximate surface area is 196 Å². The van der Waals surface area contributed by atoms with Crippen molar-refractivity contribution in [2.24, 2.45) is 0 Å². The van der Waals surface area contributed by atoms with Gasteiger partial charge >= 0.3 is 21.2 Å². The van der Waals surface area contributed by atoms with E-state index < -0.39 is 45.5 Å². The van der Waals surface area contributed by atoms with Crippen molar-refractivity contribution in [3.05, 3.63) is 41.5 Å². The van der Waals surface area contributed by atoms with Crippen molar-refractivity contribution in [3.8, 4) is 5.75 Å². The molecule has 15 heteroatoms. The summed E-state index contributed by atoms with van der Waals surface area (Å²) in [5.41, 5.74) is -0.419. The zero-order valence-corrected chi connectivity index (χ0v) is 20.7. The number of hydrogen-bond donors (Lipinski definition) is 4. The van der Waals surface area contributed by atoms with Crippen LogP contribution >= 0.6 is 15.2 Å². The lowest BCUT2D eigenvalue weighted by Crippen LogP contribution is -2.33. The molecule has 0 spiro atoms. The first-order chi connectivity index (χ1) is 15.5. The van der Waals surface area contributed by atoms with Crippen LogP contribution in [0.25, 0.3) is 0 Å². The second-order valence-electron chi connectivity index (χ2n) is 7.42. The van der Waals surface area contributed by atoms with Crippen LogP contribution in [0.5, 0.6) is 5.75 Å². The van der Waals surface area contributed by atoms with E-state index in [0.29, 0.717) is 4.90 Å². The molecule has 34 heavy (non-hydrogen) atoms. The van der Waals surface area contributed by atoms with Gasteiger partial charge in [0.05, 0.1) is 24.3 Å². The first-order valence-corrected chi connectivity index (χ1v) is 13.3. The van der Waals surface area contributed by atoms with E-state index in [4.69, 9.17) is 19.3 Å². The van der Waals surface area contributed by atoms with Crippen molar-refractivity contribution < 1.29 is 52.6 Å². The Hall–Kier alpha value is -2.53. The number of esters is 1. The van der Waals surface area contributed by atoms with Gasteiger partial charge in [-0.25, -0.2) is 4.79 Å². The van der Waals surface area contributed by atoms with Crippen molar-refractivity contribution in [2.75, 3.05) is 39.9 Å². The highest BCUT2D eigenvalue weighted by Gasteiger charge is 2.30. The normalized spacial score (nSPS) is 11.5. The summed E-state index contributed by atoms with van der Waals surface area (Å²) in [5.74, 6) is -2.57. The maximum Gasteiger partial charge on any atom is 0.344 e. The van der Waals surface area contributed by atoms with E-state index in [-0.39, 0.29) is 42.1 Å². The molecule has 0 fully saturated rings. The standard InChI is InChI=1S/C19H28N2O11P2/c1-13(2)19(24)32-10-6-9-31-15-8-5-7-14(17(22)20(3)11-33(25,26)27)16(15)18(23)21(4)12-34(28,29)30/h5,7-8H,1,6,9-12H2,2-4H3,(H2,25,26,27)(H2,28,29,30). The molecule has 0 atom stereocenters. The molecule has 2 amide bonds. The minimum absolute atomic E-state index is 0.0171. The van der Waals surface area contributed by atoms with Gasteiger partial charge in [-0.3, -0.25) is 18.7 Å². The van der Waals surface area contributed by atoms with Crippen LogP contribution in [0.15, 0.2) is 30.4 Å². The number of hydrogen-bond acceptors (Lipinski definition) is 7. The fraction of sp³-hybridized carbons (Fsp3) is 0.421. The molecule has 4 N–H and O–H groups in total. The van der Waals surface area contributed by atoms with Crippen LogP contribution in [-0.4, -0.2) is 87.0 Å². The van der Waals surface area contributed by atoms with Gasteiger partial charge in [0, 0.05) is 26.1 Å². The van der Waals surface area contributed by atoms with Crippen molar-refractivity contribution in [2.45, 2.75) is 13.3 Å². The van der Waals surface area contributed by atoms with Crippen LogP contribution in [0.4, 0.5) is 0 Å². The first kappa shape index (κ1) is 29.5. The Morgan fingerprint density at radius 3 is 1.97 bits per heavy atom. The third-order valence-corrected chi connectivity index (χ3v) is 5.67. The minimum Gasteiger partial charge on any atom is -0.493 e. The molecule has 0 saturated heterocycles. The molecule has 0 aliphatic rings. The number of amides is 2. The number of ether oxygens (including phenoxy) is 2. The van der Waals surface area contributed by atoms with Gasteiger partial charge in [0.15, 0.2) is 0 Å². The van der Waals surface area contributed by atoms with Crippen molar-refractivity contribution in [1.29, 1.82) is 0 Å². The lowest BCUT2D eigenvalue weighted by atomic mass is 10.0. The van der Waals surface area contributed by atoms with Crippen molar-refractivity contribution in [3.63, 3.8) is 0 Å². The Morgan fingerprint density at radius 1 is 0.941 bits per heavy atom. The van der Waals surface area contributed by atoms with Crippen LogP contribution < -0.4 is 4.74 Å². The summed E-state index contributed by atoms with van der Waals surface area (Å²) in [4.78, 5) is 75.5. The lowest BCUT2D eigenvalue weighted by molar-refractivity contribution is -0.139. The molecule has 0 radical (unpaired) electrons. The summed E-state index contributed by atoms with van der Waals surface area (Å²) in [7, 11) is -7.00. The highest BCUT2D eigenvalue weighted by atomic mass is 31.2. The van der Waals surface area contributed by atoms with E-state index >= 15 is 0 Å². The second-order valence-corrected chi connectivity index (χ2v) is 10.6. The Morgan fingerprint density at radius 2 is 1.47 bits per heavy atom. The SMILES string of the molecule is C=C(C)C(=O)OCCCOc1cccc(C(=O)N(C)CP(=O)(O)O)c1C(=O)N(C)CP(=O)(O)O. The molecule has 1 aromatic rings. The van der Waals surface area contributed by atoms with Gasteiger partial charge in [0.2, 0.25) is 0 Å². The summed E-state index contributed by atoms with van der Waals surface area (Å²) in [6, 6.07) is 3.94. The molecule has 1 rings (SSSR count). The highest BCUT2D eigenvalue weighted by molar-refractivity contribution is 7.51. The zero-order valence-electron chi connectivity index (χ0n) is 18.9. The largest absolute Gasteiger partial charge is 0.493 e. The van der Waals surface area contributed by atoms with Crippen molar-refractivity contribution >= 4 is 33.0 Å². The van der Waals surface area contributed by atoms with Crippen LogP contribution in [0, 0.1) is 0 Å². The Kier molecular flexibility index (Phi) is 10.6. The average molecular weight is 522 g/mol. The Balaban J connectivity index is 3.23. The van der Waals surface area contributed by atoms with Crippen LogP contribution in [0.3, 0.4) is 0 Å². The zero-order chi connectivity index (χ0) is 26.3. The predicted molar refractivity (Wildman–Crippen MR) is 120 cm³/mol. The minimum atomic E-state index is -4.63. The topological polar surface area (TPSA) is 191 Å². The molecule has 0 unspecified atom stereocenters. The molecule has 0 aromatic heterocycles. The number of carbonyl (C=O) groups is 3. The van der Waals surface area contributed by atoms with E-state index in [1.807, 2.05) is 0 Å². The summed E-state index contributed by atoms with van der Waals surface area (Å²) in [6.45, 7) is 4.86. The molecule has 0 saturated carbocycles. The van der Waals surface area contributed by atoms with E-state index in [0.717, 1.165) is 19.0 Å². The summed E-state index contributed by atoms with van der Waals surface area (Å²) >= 11 is 0. The monoisotopic (exact) mass is 522 g/mol. The van der Waals surface area contributed by atoms with Gasteiger partial charge in [-0.1, -0.05) is 12.6 Å². The molecular weight excluding hydrogens is 494 g/mol. The van der Waals surface area contributed by atoms with Crippen LogP contribution in [-0.2, 0) is 18.7 Å². The smallest absolute Gasteiger partial charge is 0.344 e. The van der Waals surface area contributed by atoms with E-state index in [9.17, 15) is 33.3 Å². The summed E-state index contributed by atoms with van der Waals surface area (Å²) < 4.78 is 33.2. The number of benzene rings is 1. The lowest BCUT2D eigenvalue weighted by Gasteiger charge is -2.23. The second kappa shape index (κ2) is 12.3. The molecule has 0 heterocycles. The van der Waals surface area contributed by atoms with Crippen LogP contribution in [0.1, 0.15) is 34.1 Å². The number of carbonyl (C=O) groups excluding carboxylic acids is 3. The van der Waals surface area contributed by atoms with Gasteiger partial charge in [-0.2, -0.15) is 0 Å². The van der Waals surface area contributed by atoms with E-state index in [1.54, 1.807) is 0 Å². The molecule has 0 aliphatic carbocycles. The number of nitrogens with zero attached hydrogens (tertiary/aromatic N) is 2. The molecule has 0 bridgehead atoms. The van der Waals surface area contributed by atoms with E-state index in [1.165, 1.54) is 25.1 Å². The predicted octanol–water partition coefficient (Wildman–Crippen LogP) is 0.989.